The van der Waals surface area contributed by atoms with Gasteiger partial charge in [-0.15, -0.1) is 0 Å². The molecule has 3 N–H and O–H groups in total. The molecule has 10 heteroatoms. The van der Waals surface area contributed by atoms with E-state index in [4.69, 9.17) is 29.8 Å². The molecule has 0 amide bonds. The summed E-state index contributed by atoms with van der Waals surface area (Å²) in [6.45, 7) is 6.35. The van der Waals surface area contributed by atoms with Gasteiger partial charge in [-0.3, -0.25) is 19.5 Å². The van der Waals surface area contributed by atoms with Crippen LogP contribution in [0.4, 0.5) is 5.82 Å². The molecule has 5 rings (SSSR count). The molecule has 34 heavy (non-hydrogen) atoms. The number of aryl methyl sites for hydroxylation is 1. The Morgan fingerprint density at radius 1 is 1.06 bits per heavy atom. The van der Waals surface area contributed by atoms with Crippen LogP contribution in [0.3, 0.4) is 0 Å². The number of β-amino-alcohol motifs (C(OH)–C–C–N with tert-alkyl or cyclic N) is 1. The van der Waals surface area contributed by atoms with E-state index in [1.165, 1.54) is 36.1 Å². The maximum Gasteiger partial charge on any atom is 0.290 e. The second-order valence-corrected chi connectivity index (χ2v) is 8.93. The highest BCUT2D eigenvalue weighted by molar-refractivity contribution is 5.54. The van der Waals surface area contributed by atoms with Crippen molar-refractivity contribution in [1.29, 1.82) is 0 Å². The van der Waals surface area contributed by atoms with Crippen LogP contribution in [0, 0.1) is 6.92 Å². The monoisotopic (exact) mass is 471 g/mol. The Balaban J connectivity index is 0.000000492. The van der Waals surface area contributed by atoms with Crippen LogP contribution in [-0.4, -0.2) is 80.4 Å². The molecule has 0 bridgehead atoms. The van der Waals surface area contributed by atoms with Gasteiger partial charge in [0.1, 0.15) is 11.6 Å². The van der Waals surface area contributed by atoms with E-state index in [0.29, 0.717) is 6.54 Å². The van der Waals surface area contributed by atoms with Crippen molar-refractivity contribution in [3.63, 3.8) is 0 Å². The SMILES string of the molecule is Cc1nc(N2CCC(O)C2)c2c(n1)C1(CC2)CCN(Cc2ccncc2)CC1.O=CO.O=CO. The summed E-state index contributed by atoms with van der Waals surface area (Å²) in [5, 5.41) is 23.8. The number of aliphatic hydroxyl groups excluding tert-OH is 1. The lowest BCUT2D eigenvalue weighted by Gasteiger charge is -2.39. The molecule has 2 saturated heterocycles. The summed E-state index contributed by atoms with van der Waals surface area (Å²) < 4.78 is 0. The number of hydrogen-bond acceptors (Lipinski definition) is 8. The van der Waals surface area contributed by atoms with Gasteiger partial charge in [0.15, 0.2) is 0 Å². The second-order valence-electron chi connectivity index (χ2n) is 8.93. The molecule has 0 aromatic carbocycles. The first-order chi connectivity index (χ1) is 16.5. The third-order valence-electron chi connectivity index (χ3n) is 6.88. The van der Waals surface area contributed by atoms with Gasteiger partial charge in [0.2, 0.25) is 0 Å². The van der Waals surface area contributed by atoms with Crippen LogP contribution in [0.25, 0.3) is 0 Å². The smallest absolute Gasteiger partial charge is 0.290 e. The first kappa shape index (κ1) is 25.5. The third kappa shape index (κ3) is 5.87. The summed E-state index contributed by atoms with van der Waals surface area (Å²) in [5.41, 5.74) is 4.21. The van der Waals surface area contributed by atoms with E-state index < -0.39 is 0 Å². The van der Waals surface area contributed by atoms with E-state index in [9.17, 15) is 5.11 Å². The van der Waals surface area contributed by atoms with Crippen LogP contribution in [0.2, 0.25) is 0 Å². The van der Waals surface area contributed by atoms with Gasteiger partial charge >= 0.3 is 0 Å². The lowest BCUT2D eigenvalue weighted by Crippen LogP contribution is -2.41. The molecule has 1 aliphatic carbocycles. The Morgan fingerprint density at radius 2 is 1.71 bits per heavy atom. The molecule has 4 heterocycles. The van der Waals surface area contributed by atoms with Crippen LogP contribution in [0.15, 0.2) is 24.5 Å². The first-order valence-electron chi connectivity index (χ1n) is 11.5. The van der Waals surface area contributed by atoms with Crippen molar-refractivity contribution in [3.8, 4) is 0 Å². The van der Waals surface area contributed by atoms with Gasteiger partial charge in [0.05, 0.1) is 11.8 Å². The number of pyridine rings is 1. The molecule has 2 aromatic rings. The summed E-state index contributed by atoms with van der Waals surface area (Å²) in [4.78, 5) is 35.4. The van der Waals surface area contributed by atoms with Crippen LogP contribution in [0.1, 0.15) is 48.3 Å². The summed E-state index contributed by atoms with van der Waals surface area (Å²) in [6, 6.07) is 4.23. The van der Waals surface area contributed by atoms with E-state index in [1.807, 2.05) is 19.3 Å². The van der Waals surface area contributed by atoms with Crippen molar-refractivity contribution in [2.75, 3.05) is 31.1 Å². The predicted octanol–water partition coefficient (Wildman–Crippen LogP) is 1.63. The number of aliphatic hydroxyl groups is 1. The fraction of sp³-hybridized carbons (Fsp3) is 0.542. The number of rotatable bonds is 3. The number of nitrogens with zero attached hydrogens (tertiary/aromatic N) is 5. The van der Waals surface area contributed by atoms with Gasteiger partial charge in [0.25, 0.3) is 12.9 Å². The van der Waals surface area contributed by atoms with E-state index in [0.717, 1.165) is 50.7 Å². The largest absolute Gasteiger partial charge is 0.483 e. The molecule has 3 aliphatic rings. The summed E-state index contributed by atoms with van der Waals surface area (Å²) in [6.07, 6.45) is 8.97. The molecule has 2 aromatic heterocycles. The number of aromatic nitrogens is 3. The van der Waals surface area contributed by atoms with Crippen molar-refractivity contribution in [1.82, 2.24) is 19.9 Å². The molecular formula is C24H33N5O5. The van der Waals surface area contributed by atoms with Crippen LogP contribution in [0.5, 0.6) is 0 Å². The predicted molar refractivity (Wildman–Crippen MR) is 126 cm³/mol. The molecule has 0 saturated carbocycles. The minimum atomic E-state index is -0.250. The number of piperidine rings is 1. The molecule has 184 valence electrons. The number of carbonyl (C=O) groups is 2. The highest BCUT2D eigenvalue weighted by Crippen LogP contribution is 2.47. The zero-order chi connectivity index (χ0) is 24.6. The summed E-state index contributed by atoms with van der Waals surface area (Å²) in [7, 11) is 0. The van der Waals surface area contributed by atoms with E-state index in [1.54, 1.807) is 0 Å². The Hall–Kier alpha value is -3.11. The molecule has 0 radical (unpaired) electrons. The Morgan fingerprint density at radius 3 is 2.29 bits per heavy atom. The second kappa shape index (κ2) is 11.8. The molecular weight excluding hydrogens is 438 g/mol. The lowest BCUT2D eigenvalue weighted by molar-refractivity contribution is -0.123. The minimum Gasteiger partial charge on any atom is -0.483 e. The van der Waals surface area contributed by atoms with Gasteiger partial charge in [-0.25, -0.2) is 9.97 Å². The van der Waals surface area contributed by atoms with Crippen molar-refractivity contribution >= 4 is 18.8 Å². The van der Waals surface area contributed by atoms with Crippen molar-refractivity contribution in [3.05, 3.63) is 47.2 Å². The van der Waals surface area contributed by atoms with Crippen LogP contribution < -0.4 is 4.90 Å². The fourth-order valence-corrected chi connectivity index (χ4v) is 5.30. The quantitative estimate of drug-likeness (QED) is 0.566. The van der Waals surface area contributed by atoms with Crippen molar-refractivity contribution in [2.45, 2.75) is 57.1 Å². The first-order valence-corrected chi connectivity index (χ1v) is 11.5. The zero-order valence-corrected chi connectivity index (χ0v) is 19.5. The minimum absolute atomic E-state index is 0.213. The normalized spacial score (nSPS) is 20.5. The van der Waals surface area contributed by atoms with E-state index in [-0.39, 0.29) is 24.5 Å². The van der Waals surface area contributed by atoms with Crippen LogP contribution in [-0.2, 0) is 28.0 Å². The number of likely N-dealkylation sites (tertiary alicyclic amines) is 1. The van der Waals surface area contributed by atoms with E-state index in [2.05, 4.69) is 26.9 Å². The number of fused-ring (bicyclic) bond motifs is 2. The van der Waals surface area contributed by atoms with Gasteiger partial charge in [-0.2, -0.15) is 0 Å². The van der Waals surface area contributed by atoms with Crippen molar-refractivity contribution < 1.29 is 24.9 Å². The Labute approximate surface area is 199 Å². The number of anilines is 1. The lowest BCUT2D eigenvalue weighted by atomic mass is 9.76. The number of carboxylic acid groups (broad SMARTS) is 2. The van der Waals surface area contributed by atoms with Crippen LogP contribution >= 0.6 is 0 Å². The van der Waals surface area contributed by atoms with E-state index >= 15 is 0 Å². The Bertz CT molecular complexity index is 944. The maximum absolute atomic E-state index is 9.98. The standard InChI is InChI=1S/C22H29N5O.2CH2O2/c1-16-24-20-19(21(25-16)27-11-5-18(28)15-27)2-6-22(20)7-12-26(13-8-22)14-17-3-9-23-10-4-17;2*2-1-3/h3-4,9-10,18,28H,2,5-8,11-15H2,1H3;2*1H,(H,2,3). The third-order valence-corrected chi connectivity index (χ3v) is 6.88. The Kier molecular flexibility index (Phi) is 8.89. The summed E-state index contributed by atoms with van der Waals surface area (Å²) in [5.74, 6) is 1.96. The summed E-state index contributed by atoms with van der Waals surface area (Å²) >= 11 is 0. The molecule has 2 fully saturated rings. The number of hydrogen-bond donors (Lipinski definition) is 3. The molecule has 10 nitrogen and oxygen atoms in total. The van der Waals surface area contributed by atoms with Gasteiger partial charge in [-0.1, -0.05) is 0 Å². The maximum atomic E-state index is 9.98. The average Bonchev–Trinajstić information content (AvgIpc) is 3.41. The fourth-order valence-electron chi connectivity index (χ4n) is 5.30. The van der Waals surface area contributed by atoms with Gasteiger partial charge < -0.3 is 20.2 Å². The molecule has 1 atom stereocenters. The highest BCUT2D eigenvalue weighted by atomic mass is 16.3. The topological polar surface area (TPSA) is 140 Å². The zero-order valence-electron chi connectivity index (χ0n) is 19.5. The average molecular weight is 472 g/mol. The van der Waals surface area contributed by atoms with Gasteiger partial charge in [0, 0.05) is 43.0 Å². The highest BCUT2D eigenvalue weighted by Gasteiger charge is 2.44. The molecule has 2 aliphatic heterocycles. The molecule has 1 spiro atoms. The van der Waals surface area contributed by atoms with Crippen molar-refractivity contribution in [2.24, 2.45) is 0 Å². The van der Waals surface area contributed by atoms with Gasteiger partial charge in [-0.05, 0) is 69.8 Å². The molecule has 1 unspecified atom stereocenters.